The van der Waals surface area contributed by atoms with Crippen molar-refractivity contribution in [1.29, 1.82) is 0 Å². The summed E-state index contributed by atoms with van der Waals surface area (Å²) in [4.78, 5) is 27.7. The lowest BCUT2D eigenvalue weighted by molar-refractivity contribution is 0.0500. The number of hydrogen-bond donors (Lipinski definition) is 2. The van der Waals surface area contributed by atoms with Gasteiger partial charge >= 0.3 is 5.69 Å². The summed E-state index contributed by atoms with van der Waals surface area (Å²) in [5.41, 5.74) is 0.155. The number of nitrogens with zero attached hydrogens (tertiary/aromatic N) is 3. The van der Waals surface area contributed by atoms with E-state index in [1.165, 1.54) is 4.57 Å². The number of anilines is 2. The van der Waals surface area contributed by atoms with Gasteiger partial charge in [-0.15, -0.1) is 0 Å². The summed E-state index contributed by atoms with van der Waals surface area (Å²) in [5, 5.41) is 13.1. The van der Waals surface area contributed by atoms with E-state index >= 15 is 0 Å². The van der Waals surface area contributed by atoms with Crippen LogP contribution in [-0.2, 0) is 24.9 Å². The van der Waals surface area contributed by atoms with E-state index in [4.69, 9.17) is 25.8 Å². The van der Waals surface area contributed by atoms with Crippen LogP contribution in [0.2, 0.25) is 5.02 Å². The lowest BCUT2D eigenvalue weighted by Crippen LogP contribution is -2.43. The lowest BCUT2D eigenvalue weighted by atomic mass is 10.2. The van der Waals surface area contributed by atoms with Crippen LogP contribution in [0.4, 0.5) is 11.5 Å². The van der Waals surface area contributed by atoms with Gasteiger partial charge in [-0.3, -0.25) is 13.9 Å². The van der Waals surface area contributed by atoms with Crippen molar-refractivity contribution in [2.45, 2.75) is 19.4 Å². The summed E-state index contributed by atoms with van der Waals surface area (Å²) in [6.07, 6.45) is -0.724. The van der Waals surface area contributed by atoms with Crippen LogP contribution in [0.15, 0.2) is 58.1 Å². The Morgan fingerprint density at radius 1 is 1.09 bits per heavy atom. The summed E-state index contributed by atoms with van der Waals surface area (Å²) in [7, 11) is 3.15. The van der Waals surface area contributed by atoms with Crippen molar-refractivity contribution in [1.82, 2.24) is 9.13 Å². The third-order valence-electron chi connectivity index (χ3n) is 5.61. The van der Waals surface area contributed by atoms with Gasteiger partial charge in [0.2, 0.25) is 6.35 Å². The molecule has 1 aromatic heterocycles. The molecule has 35 heavy (non-hydrogen) atoms. The second kappa shape index (κ2) is 10.9. The zero-order valence-corrected chi connectivity index (χ0v) is 20.2. The number of halogens is 1. The fraction of sp³-hybridized carbons (Fsp3) is 0.333. The van der Waals surface area contributed by atoms with Gasteiger partial charge in [-0.05, 0) is 29.8 Å². The second-order valence-corrected chi connectivity index (χ2v) is 8.30. The maximum Gasteiger partial charge on any atom is 0.332 e. The topological polar surface area (TPSA) is 107 Å². The number of rotatable bonds is 10. The highest BCUT2D eigenvalue weighted by molar-refractivity contribution is 6.30. The van der Waals surface area contributed by atoms with E-state index in [2.05, 4.69) is 5.32 Å². The zero-order valence-electron chi connectivity index (χ0n) is 19.4. The van der Waals surface area contributed by atoms with Gasteiger partial charge in [0.1, 0.15) is 29.6 Å². The Morgan fingerprint density at radius 3 is 2.54 bits per heavy atom. The van der Waals surface area contributed by atoms with Gasteiger partial charge < -0.3 is 29.5 Å². The van der Waals surface area contributed by atoms with Crippen LogP contribution in [0.3, 0.4) is 0 Å². The van der Waals surface area contributed by atoms with Crippen molar-refractivity contribution in [2.24, 2.45) is 7.05 Å². The molecule has 2 heterocycles. The van der Waals surface area contributed by atoms with Gasteiger partial charge in [-0.1, -0.05) is 29.8 Å². The molecule has 0 radical (unpaired) electrons. The van der Waals surface area contributed by atoms with E-state index in [0.717, 1.165) is 10.1 Å². The van der Waals surface area contributed by atoms with Gasteiger partial charge in [0, 0.05) is 24.7 Å². The Kier molecular flexibility index (Phi) is 7.64. The van der Waals surface area contributed by atoms with E-state index in [1.54, 1.807) is 37.3 Å². The molecule has 1 aliphatic heterocycles. The Balaban J connectivity index is 1.56. The summed E-state index contributed by atoms with van der Waals surface area (Å²) >= 11 is 6.02. The molecular weight excluding hydrogens is 476 g/mol. The highest BCUT2D eigenvalue weighted by atomic mass is 35.5. The summed E-state index contributed by atoms with van der Waals surface area (Å²) in [6.45, 7) is 0.349. The van der Waals surface area contributed by atoms with Crippen LogP contribution in [0.25, 0.3) is 0 Å². The van der Waals surface area contributed by atoms with Gasteiger partial charge in [0.05, 0.1) is 26.9 Å². The largest absolute Gasteiger partial charge is 0.497 e. The molecule has 0 saturated heterocycles. The van der Waals surface area contributed by atoms with Crippen molar-refractivity contribution in [3.63, 3.8) is 0 Å². The van der Waals surface area contributed by atoms with Crippen molar-refractivity contribution in [3.8, 4) is 11.5 Å². The highest BCUT2D eigenvalue weighted by Gasteiger charge is 2.35. The van der Waals surface area contributed by atoms with E-state index in [1.807, 2.05) is 30.3 Å². The molecule has 1 aliphatic rings. The maximum atomic E-state index is 13.2. The molecule has 0 fully saturated rings. The first-order valence-electron chi connectivity index (χ1n) is 11.0. The van der Waals surface area contributed by atoms with Crippen molar-refractivity contribution < 1.29 is 19.3 Å². The molecular formula is C24H27ClN4O6. The third-order valence-corrected chi connectivity index (χ3v) is 5.87. The lowest BCUT2D eigenvalue weighted by Gasteiger charge is -2.26. The molecule has 1 atom stereocenters. The summed E-state index contributed by atoms with van der Waals surface area (Å²) < 4.78 is 19.4. The molecule has 2 N–H and O–H groups in total. The quantitative estimate of drug-likeness (QED) is 0.405. The molecule has 0 saturated carbocycles. The molecule has 0 spiro atoms. The molecule has 11 heteroatoms. The number of benzene rings is 2. The number of ether oxygens (including phenoxy) is 3. The molecule has 1 unspecified atom stereocenters. The first-order chi connectivity index (χ1) is 16.9. The normalized spacial score (nSPS) is 14.5. The standard InChI is InChI=1S/C24H27ClN4O6/c1-27-21-20(22(31)28(10-11-30)24(27)32)29(15-16-6-8-17(25)9-7-16)23(26-21)35-13-12-34-19-5-3-4-18(14-19)33-2/h3-9,14,23,26,30H,10-13,15H2,1-2H3. The van der Waals surface area contributed by atoms with E-state index in [0.29, 0.717) is 28.9 Å². The van der Waals surface area contributed by atoms with Gasteiger partial charge in [0.15, 0.2) is 0 Å². The predicted molar refractivity (Wildman–Crippen MR) is 133 cm³/mol. The minimum atomic E-state index is -0.724. The predicted octanol–water partition coefficient (Wildman–Crippen LogP) is 2.01. The van der Waals surface area contributed by atoms with E-state index < -0.39 is 17.6 Å². The van der Waals surface area contributed by atoms with Crippen LogP contribution in [0.5, 0.6) is 11.5 Å². The van der Waals surface area contributed by atoms with E-state index in [9.17, 15) is 14.7 Å². The van der Waals surface area contributed by atoms with Crippen LogP contribution in [0, 0.1) is 0 Å². The van der Waals surface area contributed by atoms with Crippen LogP contribution < -0.4 is 30.9 Å². The number of hydrogen-bond acceptors (Lipinski definition) is 8. The average molecular weight is 503 g/mol. The minimum Gasteiger partial charge on any atom is -0.497 e. The Morgan fingerprint density at radius 2 is 1.83 bits per heavy atom. The molecule has 0 amide bonds. The SMILES string of the molecule is COc1cccc(OCCOC2Nc3c(c(=O)n(CCO)c(=O)n3C)N2Cc2ccc(Cl)cc2)c1. The first kappa shape index (κ1) is 24.6. The van der Waals surface area contributed by atoms with Crippen LogP contribution in [0.1, 0.15) is 5.56 Å². The molecule has 4 rings (SSSR count). The fourth-order valence-corrected chi connectivity index (χ4v) is 4.00. The average Bonchev–Trinajstić information content (AvgIpc) is 3.23. The zero-order chi connectivity index (χ0) is 24.9. The Labute approximate surface area is 206 Å². The van der Waals surface area contributed by atoms with Crippen LogP contribution >= 0.6 is 11.6 Å². The minimum absolute atomic E-state index is 0.104. The molecule has 2 aromatic carbocycles. The number of aliphatic hydroxyl groups is 1. The van der Waals surface area contributed by atoms with Crippen LogP contribution in [-0.4, -0.2) is 47.5 Å². The molecule has 186 valence electrons. The highest BCUT2D eigenvalue weighted by Crippen LogP contribution is 2.32. The van der Waals surface area contributed by atoms with Crippen molar-refractivity contribution in [3.05, 3.63) is 80.0 Å². The molecule has 3 aromatic rings. The molecule has 10 nitrogen and oxygen atoms in total. The van der Waals surface area contributed by atoms with Crippen molar-refractivity contribution in [2.75, 3.05) is 37.1 Å². The van der Waals surface area contributed by atoms with Gasteiger partial charge in [0.25, 0.3) is 5.56 Å². The van der Waals surface area contributed by atoms with Gasteiger partial charge in [-0.2, -0.15) is 0 Å². The monoisotopic (exact) mass is 502 g/mol. The smallest absolute Gasteiger partial charge is 0.332 e. The first-order valence-corrected chi connectivity index (χ1v) is 11.4. The molecule has 0 aliphatic carbocycles. The van der Waals surface area contributed by atoms with E-state index in [-0.39, 0.29) is 32.1 Å². The third kappa shape index (κ3) is 5.29. The summed E-state index contributed by atoms with van der Waals surface area (Å²) in [5.74, 6) is 1.68. The number of methoxy groups -OCH3 is 1. The number of nitrogens with one attached hydrogen (secondary N) is 1. The number of aliphatic hydroxyl groups excluding tert-OH is 1. The molecule has 0 bridgehead atoms. The number of aromatic nitrogens is 2. The number of fused-ring (bicyclic) bond motifs is 1. The van der Waals surface area contributed by atoms with Crippen molar-refractivity contribution >= 4 is 23.1 Å². The Hall–Kier alpha value is -3.47. The Bertz CT molecular complexity index is 1290. The second-order valence-electron chi connectivity index (χ2n) is 7.87. The van der Waals surface area contributed by atoms with Gasteiger partial charge in [-0.25, -0.2) is 4.79 Å². The maximum absolute atomic E-state index is 13.2. The fourth-order valence-electron chi connectivity index (χ4n) is 3.88. The summed E-state index contributed by atoms with van der Waals surface area (Å²) in [6, 6.07) is 14.5.